The molecule has 0 unspecified atom stereocenters. The molecule has 0 atom stereocenters. The number of nitrogens with one attached hydrogen (secondary N) is 1. The van der Waals surface area contributed by atoms with Gasteiger partial charge in [-0.3, -0.25) is 0 Å². The van der Waals surface area contributed by atoms with Crippen molar-refractivity contribution in [3.8, 4) is 11.5 Å². The molecule has 1 N–H and O–H groups in total. The van der Waals surface area contributed by atoms with Crippen LogP contribution in [0, 0.1) is 0 Å². The van der Waals surface area contributed by atoms with Gasteiger partial charge in [-0.2, -0.15) is 5.10 Å². The lowest BCUT2D eigenvalue weighted by Gasteiger charge is -2.09. The fraction of sp³-hybridized carbons (Fsp3) is 0.235. The number of hydrazone groups is 1. The normalized spacial score (nSPS) is 10.8. The highest BCUT2D eigenvalue weighted by Gasteiger charge is 2.05. The average Bonchev–Trinajstić information content (AvgIpc) is 2.55. The van der Waals surface area contributed by atoms with E-state index in [2.05, 4.69) is 10.5 Å². The third kappa shape index (κ3) is 4.78. The van der Waals surface area contributed by atoms with Gasteiger partial charge in [-0.1, -0.05) is 29.3 Å². The molecule has 2 aromatic rings. The molecule has 2 rings (SSSR count). The van der Waals surface area contributed by atoms with Gasteiger partial charge in [-0.15, -0.1) is 0 Å². The highest BCUT2D eigenvalue weighted by atomic mass is 35.5. The second-order valence-electron chi connectivity index (χ2n) is 4.64. The molecular weight excluding hydrogens is 335 g/mol. The first kappa shape index (κ1) is 17.4. The minimum absolute atomic E-state index is 0.448. The zero-order valence-corrected chi connectivity index (χ0v) is 14.5. The third-order valence-corrected chi connectivity index (χ3v) is 3.82. The SMILES string of the molecule is CCOc1ccc(/C=N\NCc2c(Cl)cccc2Cl)cc1OC. The van der Waals surface area contributed by atoms with Gasteiger partial charge in [0.2, 0.25) is 0 Å². The van der Waals surface area contributed by atoms with Gasteiger partial charge in [0.1, 0.15) is 0 Å². The van der Waals surface area contributed by atoms with Crippen molar-refractivity contribution in [2.45, 2.75) is 13.5 Å². The summed E-state index contributed by atoms with van der Waals surface area (Å²) in [5.41, 5.74) is 4.65. The van der Waals surface area contributed by atoms with Crippen LogP contribution in [0.25, 0.3) is 0 Å². The smallest absolute Gasteiger partial charge is 0.161 e. The molecule has 0 spiro atoms. The van der Waals surface area contributed by atoms with Gasteiger partial charge in [0.05, 0.1) is 26.5 Å². The summed E-state index contributed by atoms with van der Waals surface area (Å²) in [5.74, 6) is 1.38. The molecule has 0 fully saturated rings. The minimum Gasteiger partial charge on any atom is -0.493 e. The molecule has 0 aliphatic carbocycles. The molecule has 0 saturated heterocycles. The first-order valence-corrected chi connectivity index (χ1v) is 7.91. The van der Waals surface area contributed by atoms with Crippen molar-refractivity contribution in [3.63, 3.8) is 0 Å². The van der Waals surface area contributed by atoms with Crippen LogP contribution in [-0.2, 0) is 6.54 Å². The first-order valence-electron chi connectivity index (χ1n) is 7.15. The summed E-state index contributed by atoms with van der Waals surface area (Å²) in [4.78, 5) is 0. The standard InChI is InChI=1S/C17H18Cl2N2O2/c1-3-23-16-8-7-12(9-17(16)22-2)10-20-21-11-13-14(18)5-4-6-15(13)19/h4-10,21H,3,11H2,1-2H3/b20-10-. The molecule has 0 aliphatic rings. The Morgan fingerprint density at radius 3 is 2.52 bits per heavy atom. The number of ether oxygens (including phenoxy) is 2. The van der Waals surface area contributed by atoms with E-state index < -0.39 is 0 Å². The highest BCUT2D eigenvalue weighted by Crippen LogP contribution is 2.27. The number of methoxy groups -OCH3 is 1. The van der Waals surface area contributed by atoms with Gasteiger partial charge >= 0.3 is 0 Å². The maximum atomic E-state index is 6.11. The van der Waals surface area contributed by atoms with E-state index in [1.165, 1.54) is 0 Å². The van der Waals surface area contributed by atoms with Crippen LogP contribution in [0.4, 0.5) is 0 Å². The van der Waals surface area contributed by atoms with Gasteiger partial charge in [0.25, 0.3) is 0 Å². The molecular formula is C17H18Cl2N2O2. The van der Waals surface area contributed by atoms with Crippen molar-refractivity contribution < 1.29 is 9.47 Å². The number of hydrogen-bond donors (Lipinski definition) is 1. The van der Waals surface area contributed by atoms with Crippen LogP contribution in [0.3, 0.4) is 0 Å². The third-order valence-electron chi connectivity index (χ3n) is 3.11. The monoisotopic (exact) mass is 352 g/mol. The minimum atomic E-state index is 0.448. The van der Waals surface area contributed by atoms with E-state index in [0.29, 0.717) is 34.7 Å². The quantitative estimate of drug-likeness (QED) is 0.588. The van der Waals surface area contributed by atoms with E-state index in [1.54, 1.807) is 25.5 Å². The van der Waals surface area contributed by atoms with E-state index in [0.717, 1.165) is 11.1 Å². The molecule has 0 radical (unpaired) electrons. The molecule has 0 bridgehead atoms. The Morgan fingerprint density at radius 2 is 1.87 bits per heavy atom. The molecule has 0 aromatic heterocycles. The Hall–Kier alpha value is -1.91. The van der Waals surface area contributed by atoms with Gasteiger partial charge in [-0.05, 0) is 42.8 Å². The first-order chi connectivity index (χ1) is 11.2. The number of rotatable bonds is 7. The molecule has 0 heterocycles. The Balaban J connectivity index is 2.00. The lowest BCUT2D eigenvalue weighted by atomic mass is 10.2. The average molecular weight is 353 g/mol. The molecule has 2 aromatic carbocycles. The summed E-state index contributed by atoms with van der Waals surface area (Å²) in [5, 5.41) is 5.41. The Labute approximate surface area is 146 Å². The fourth-order valence-corrected chi connectivity index (χ4v) is 2.52. The number of hydrogen-bond acceptors (Lipinski definition) is 4. The van der Waals surface area contributed by atoms with E-state index in [4.69, 9.17) is 32.7 Å². The zero-order valence-electron chi connectivity index (χ0n) is 13.0. The van der Waals surface area contributed by atoms with Crippen LogP contribution in [0.2, 0.25) is 10.0 Å². The highest BCUT2D eigenvalue weighted by molar-refractivity contribution is 6.35. The molecule has 122 valence electrons. The molecule has 6 heteroatoms. The Morgan fingerprint density at radius 1 is 1.13 bits per heavy atom. The maximum Gasteiger partial charge on any atom is 0.161 e. The van der Waals surface area contributed by atoms with Crippen LogP contribution in [0.15, 0.2) is 41.5 Å². The van der Waals surface area contributed by atoms with Crippen LogP contribution in [0.5, 0.6) is 11.5 Å². The van der Waals surface area contributed by atoms with Gasteiger partial charge in [-0.25, -0.2) is 0 Å². The van der Waals surface area contributed by atoms with Gasteiger partial charge in [0.15, 0.2) is 11.5 Å². The summed E-state index contributed by atoms with van der Waals surface area (Å²) in [6.07, 6.45) is 1.70. The van der Waals surface area contributed by atoms with Crippen molar-refractivity contribution in [1.29, 1.82) is 0 Å². The number of nitrogens with zero attached hydrogens (tertiary/aromatic N) is 1. The van der Waals surface area contributed by atoms with E-state index >= 15 is 0 Å². The van der Waals surface area contributed by atoms with Crippen molar-refractivity contribution in [2.24, 2.45) is 5.10 Å². The number of halogens is 2. The summed E-state index contributed by atoms with van der Waals surface area (Å²) >= 11 is 12.2. The lowest BCUT2D eigenvalue weighted by molar-refractivity contribution is 0.311. The predicted molar refractivity (Wildman–Crippen MR) is 95.1 cm³/mol. The number of benzene rings is 2. The predicted octanol–water partition coefficient (Wildman–Crippen LogP) is 4.52. The molecule has 4 nitrogen and oxygen atoms in total. The summed E-state index contributed by atoms with van der Waals surface area (Å²) in [6, 6.07) is 11.0. The summed E-state index contributed by atoms with van der Waals surface area (Å²) < 4.78 is 10.8. The van der Waals surface area contributed by atoms with E-state index in [-0.39, 0.29) is 0 Å². The van der Waals surface area contributed by atoms with Crippen LogP contribution in [-0.4, -0.2) is 19.9 Å². The van der Waals surface area contributed by atoms with Crippen LogP contribution >= 0.6 is 23.2 Å². The van der Waals surface area contributed by atoms with E-state index in [1.807, 2.05) is 31.2 Å². The maximum absolute atomic E-state index is 6.11. The van der Waals surface area contributed by atoms with Crippen molar-refractivity contribution >= 4 is 29.4 Å². The Kier molecular flexibility index (Phi) is 6.56. The molecule has 0 aliphatic heterocycles. The second-order valence-corrected chi connectivity index (χ2v) is 5.45. The van der Waals surface area contributed by atoms with Gasteiger partial charge in [0, 0.05) is 15.6 Å². The van der Waals surface area contributed by atoms with Crippen molar-refractivity contribution in [1.82, 2.24) is 5.43 Å². The zero-order chi connectivity index (χ0) is 16.7. The van der Waals surface area contributed by atoms with E-state index in [9.17, 15) is 0 Å². The molecule has 0 amide bonds. The fourth-order valence-electron chi connectivity index (χ4n) is 1.99. The van der Waals surface area contributed by atoms with Crippen molar-refractivity contribution in [2.75, 3.05) is 13.7 Å². The summed E-state index contributed by atoms with van der Waals surface area (Å²) in [6.45, 7) is 2.96. The second kappa shape index (κ2) is 8.65. The molecule has 0 saturated carbocycles. The van der Waals surface area contributed by atoms with Crippen LogP contribution < -0.4 is 14.9 Å². The van der Waals surface area contributed by atoms with Crippen molar-refractivity contribution in [3.05, 3.63) is 57.6 Å². The van der Waals surface area contributed by atoms with Crippen LogP contribution in [0.1, 0.15) is 18.1 Å². The topological polar surface area (TPSA) is 42.8 Å². The summed E-state index contributed by atoms with van der Waals surface area (Å²) in [7, 11) is 1.61. The van der Waals surface area contributed by atoms with Gasteiger partial charge < -0.3 is 14.9 Å². The molecule has 23 heavy (non-hydrogen) atoms. The Bertz CT molecular complexity index is 670. The largest absolute Gasteiger partial charge is 0.493 e. The lowest BCUT2D eigenvalue weighted by Crippen LogP contribution is -2.06.